The topological polar surface area (TPSA) is 113 Å². The third-order valence-electron chi connectivity index (χ3n) is 6.34. The van der Waals surface area contributed by atoms with E-state index < -0.39 is 10.0 Å². The molecule has 35 heavy (non-hydrogen) atoms. The fourth-order valence-electron chi connectivity index (χ4n) is 4.02. The summed E-state index contributed by atoms with van der Waals surface area (Å²) in [7, 11) is -3.84. The Morgan fingerprint density at radius 3 is 2.54 bits per heavy atom. The number of sulfonamides is 1. The van der Waals surface area contributed by atoms with Crippen molar-refractivity contribution < 1.29 is 17.6 Å². The van der Waals surface area contributed by atoms with Gasteiger partial charge in [-0.2, -0.15) is 0 Å². The fraction of sp³-hybridized carbons (Fsp3) is 0.231. The minimum Gasteiger partial charge on any atom is -0.459 e. The second kappa shape index (κ2) is 9.52. The highest BCUT2D eigenvalue weighted by Gasteiger charge is 2.29. The molecule has 2 aromatic heterocycles. The van der Waals surface area contributed by atoms with E-state index in [4.69, 9.17) is 4.42 Å². The number of carbonyl (C=O) groups is 1. The summed E-state index contributed by atoms with van der Waals surface area (Å²) in [5.74, 6) is 0.710. The standard InChI is InChI=1S/C26H26N4O4S/c1-17-8-13-21(17)29-25-24(15-19-5-2-3-6-22(19)30-25)35(32,33)27-16-18-9-11-20(12-10-18)28-26(31)23-7-4-14-34-23/h2-7,9-12,14-15,17,21,27H,8,13,16H2,1H3,(H,28,31)(H,29,30). The van der Waals surface area contributed by atoms with Crippen LogP contribution in [0.4, 0.5) is 11.5 Å². The van der Waals surface area contributed by atoms with Crippen molar-refractivity contribution >= 4 is 38.3 Å². The van der Waals surface area contributed by atoms with Crippen LogP contribution in [0.15, 0.2) is 82.3 Å². The molecule has 2 unspecified atom stereocenters. The molecule has 9 heteroatoms. The Hall–Kier alpha value is -3.69. The number of fused-ring (bicyclic) bond motifs is 1. The number of nitrogens with zero attached hydrogens (tertiary/aromatic N) is 1. The zero-order valence-electron chi connectivity index (χ0n) is 19.2. The maximum atomic E-state index is 13.3. The Balaban J connectivity index is 1.32. The van der Waals surface area contributed by atoms with Gasteiger partial charge in [0.05, 0.1) is 11.8 Å². The SMILES string of the molecule is CC1CCC1Nc1nc2ccccc2cc1S(=O)(=O)NCc1ccc(NC(=O)c2ccco2)cc1. The second-order valence-electron chi connectivity index (χ2n) is 8.79. The Morgan fingerprint density at radius 2 is 1.86 bits per heavy atom. The first kappa shape index (κ1) is 23.1. The molecule has 1 aliphatic carbocycles. The summed E-state index contributed by atoms with van der Waals surface area (Å²) in [6, 6.07) is 19.5. The predicted octanol–water partition coefficient (Wildman–Crippen LogP) is 4.77. The van der Waals surface area contributed by atoms with Crippen LogP contribution < -0.4 is 15.4 Å². The van der Waals surface area contributed by atoms with Gasteiger partial charge in [0.25, 0.3) is 5.91 Å². The van der Waals surface area contributed by atoms with Gasteiger partial charge in [-0.05, 0) is 60.7 Å². The average molecular weight is 491 g/mol. The van der Waals surface area contributed by atoms with Crippen LogP contribution >= 0.6 is 0 Å². The summed E-state index contributed by atoms with van der Waals surface area (Å²) in [6.07, 6.45) is 3.54. The number of nitrogens with one attached hydrogen (secondary N) is 3. The number of para-hydroxylation sites is 1. The number of anilines is 2. The van der Waals surface area contributed by atoms with Crippen molar-refractivity contribution in [3.63, 3.8) is 0 Å². The minimum atomic E-state index is -3.84. The van der Waals surface area contributed by atoms with Gasteiger partial charge < -0.3 is 15.1 Å². The maximum absolute atomic E-state index is 13.3. The van der Waals surface area contributed by atoms with Crippen LogP contribution in [0.25, 0.3) is 10.9 Å². The molecule has 0 bridgehead atoms. The van der Waals surface area contributed by atoms with Gasteiger partial charge in [0.15, 0.2) is 5.76 Å². The number of benzene rings is 2. The van der Waals surface area contributed by atoms with Crippen molar-refractivity contribution in [3.05, 3.63) is 84.3 Å². The molecule has 0 aliphatic heterocycles. The smallest absolute Gasteiger partial charge is 0.291 e. The van der Waals surface area contributed by atoms with Gasteiger partial charge in [0, 0.05) is 23.7 Å². The van der Waals surface area contributed by atoms with Crippen LogP contribution in [0.3, 0.4) is 0 Å². The molecule has 2 heterocycles. The monoisotopic (exact) mass is 490 g/mol. The Bertz CT molecular complexity index is 1450. The van der Waals surface area contributed by atoms with Gasteiger partial charge in [-0.3, -0.25) is 4.79 Å². The van der Waals surface area contributed by atoms with Crippen molar-refractivity contribution in [2.75, 3.05) is 10.6 Å². The van der Waals surface area contributed by atoms with Crippen LogP contribution in [-0.4, -0.2) is 25.4 Å². The minimum absolute atomic E-state index is 0.0981. The van der Waals surface area contributed by atoms with Crippen molar-refractivity contribution in [1.82, 2.24) is 9.71 Å². The van der Waals surface area contributed by atoms with E-state index in [1.54, 1.807) is 42.5 Å². The third-order valence-corrected chi connectivity index (χ3v) is 7.76. The number of hydrogen-bond donors (Lipinski definition) is 3. The molecule has 2 aromatic carbocycles. The maximum Gasteiger partial charge on any atom is 0.291 e. The van der Waals surface area contributed by atoms with Gasteiger partial charge in [-0.1, -0.05) is 37.3 Å². The van der Waals surface area contributed by atoms with E-state index in [2.05, 4.69) is 27.3 Å². The van der Waals surface area contributed by atoms with E-state index in [1.165, 1.54) is 6.26 Å². The predicted molar refractivity (Wildman–Crippen MR) is 135 cm³/mol. The molecule has 1 saturated carbocycles. The first-order valence-electron chi connectivity index (χ1n) is 11.5. The Kier molecular flexibility index (Phi) is 6.27. The van der Waals surface area contributed by atoms with E-state index in [0.29, 0.717) is 17.4 Å². The number of amides is 1. The van der Waals surface area contributed by atoms with E-state index in [9.17, 15) is 13.2 Å². The van der Waals surface area contributed by atoms with Gasteiger partial charge in [-0.25, -0.2) is 18.1 Å². The zero-order valence-corrected chi connectivity index (χ0v) is 20.0. The molecule has 1 amide bonds. The van der Waals surface area contributed by atoms with Crippen molar-refractivity contribution in [2.45, 2.75) is 37.2 Å². The van der Waals surface area contributed by atoms with E-state index in [1.807, 2.05) is 24.3 Å². The van der Waals surface area contributed by atoms with Crippen molar-refractivity contribution in [3.8, 4) is 0 Å². The van der Waals surface area contributed by atoms with Crippen molar-refractivity contribution in [1.29, 1.82) is 0 Å². The molecule has 0 radical (unpaired) electrons. The number of hydrogen-bond acceptors (Lipinski definition) is 6. The van der Waals surface area contributed by atoms with Gasteiger partial charge in [0.2, 0.25) is 10.0 Å². The highest BCUT2D eigenvalue weighted by atomic mass is 32.2. The molecule has 4 aromatic rings. The van der Waals surface area contributed by atoms with E-state index >= 15 is 0 Å². The zero-order chi connectivity index (χ0) is 24.4. The summed E-state index contributed by atoms with van der Waals surface area (Å²) in [6.45, 7) is 2.25. The first-order chi connectivity index (χ1) is 16.9. The molecular formula is C26H26N4O4S. The van der Waals surface area contributed by atoms with Crippen LogP contribution in [-0.2, 0) is 16.6 Å². The summed E-state index contributed by atoms with van der Waals surface area (Å²) < 4.78 is 34.4. The largest absolute Gasteiger partial charge is 0.459 e. The molecule has 5 rings (SSSR count). The average Bonchev–Trinajstić information content (AvgIpc) is 3.41. The molecule has 1 fully saturated rings. The molecule has 3 N–H and O–H groups in total. The molecule has 2 atom stereocenters. The molecule has 8 nitrogen and oxygen atoms in total. The summed E-state index contributed by atoms with van der Waals surface area (Å²) >= 11 is 0. The lowest BCUT2D eigenvalue weighted by Crippen LogP contribution is -2.37. The van der Waals surface area contributed by atoms with Crippen LogP contribution in [0.5, 0.6) is 0 Å². The molecule has 180 valence electrons. The lowest BCUT2D eigenvalue weighted by atomic mass is 9.81. The summed E-state index contributed by atoms with van der Waals surface area (Å²) in [5, 5.41) is 6.85. The molecule has 0 saturated heterocycles. The van der Waals surface area contributed by atoms with E-state index in [0.717, 1.165) is 29.3 Å². The first-order valence-corrected chi connectivity index (χ1v) is 13.0. The third kappa shape index (κ3) is 5.06. The summed E-state index contributed by atoms with van der Waals surface area (Å²) in [5.41, 5.74) is 2.08. The highest BCUT2D eigenvalue weighted by Crippen LogP contribution is 2.32. The second-order valence-corrected chi connectivity index (χ2v) is 10.5. The molecular weight excluding hydrogens is 464 g/mol. The normalized spacial score (nSPS) is 17.6. The number of pyridine rings is 1. The lowest BCUT2D eigenvalue weighted by Gasteiger charge is -2.35. The van der Waals surface area contributed by atoms with Crippen LogP contribution in [0.2, 0.25) is 0 Å². The lowest BCUT2D eigenvalue weighted by molar-refractivity contribution is 0.0996. The Morgan fingerprint density at radius 1 is 1.06 bits per heavy atom. The van der Waals surface area contributed by atoms with Crippen LogP contribution in [0.1, 0.15) is 35.9 Å². The quantitative estimate of drug-likeness (QED) is 0.328. The van der Waals surface area contributed by atoms with E-state index in [-0.39, 0.29) is 29.1 Å². The molecule has 0 spiro atoms. The Labute approximate surface area is 203 Å². The highest BCUT2D eigenvalue weighted by molar-refractivity contribution is 7.89. The summed E-state index contributed by atoms with van der Waals surface area (Å²) in [4.78, 5) is 16.9. The number of furan rings is 1. The van der Waals surface area contributed by atoms with Gasteiger partial charge >= 0.3 is 0 Å². The van der Waals surface area contributed by atoms with Gasteiger partial charge in [-0.15, -0.1) is 0 Å². The number of aromatic nitrogens is 1. The number of carbonyl (C=O) groups excluding carboxylic acids is 1. The molecule has 1 aliphatic rings. The van der Waals surface area contributed by atoms with Crippen LogP contribution in [0, 0.1) is 5.92 Å². The van der Waals surface area contributed by atoms with Crippen molar-refractivity contribution in [2.24, 2.45) is 5.92 Å². The fourth-order valence-corrected chi connectivity index (χ4v) is 5.18. The number of rotatable bonds is 8. The van der Waals surface area contributed by atoms with Gasteiger partial charge in [0.1, 0.15) is 10.7 Å².